The van der Waals surface area contributed by atoms with Crippen molar-refractivity contribution in [3.63, 3.8) is 0 Å². The highest BCUT2D eigenvalue weighted by Crippen LogP contribution is 2.13. The molecule has 0 aromatic heterocycles. The number of halogens is 2. The highest BCUT2D eigenvalue weighted by atomic mass is 19.2. The van der Waals surface area contributed by atoms with Gasteiger partial charge in [-0.15, -0.1) is 0 Å². The number of carbonyl (C=O) groups is 3. The normalized spacial score (nSPS) is 14.5. The Balaban J connectivity index is 1.69. The van der Waals surface area contributed by atoms with E-state index in [2.05, 4.69) is 20.7 Å². The Hall–Kier alpha value is -2.91. The van der Waals surface area contributed by atoms with Crippen LogP contribution in [0.25, 0.3) is 0 Å². The molecule has 4 amide bonds. The largest absolute Gasteiger partial charge is 0.453 e. The number of likely N-dealkylation sites (tertiary alicyclic amines) is 1. The predicted molar refractivity (Wildman–Crippen MR) is 88.5 cm³/mol. The van der Waals surface area contributed by atoms with Gasteiger partial charge in [-0.3, -0.25) is 4.79 Å². The molecule has 8 nitrogen and oxygen atoms in total. The summed E-state index contributed by atoms with van der Waals surface area (Å²) in [5.74, 6) is -2.67. The van der Waals surface area contributed by atoms with E-state index in [1.54, 1.807) is 4.90 Å². The van der Waals surface area contributed by atoms with Gasteiger partial charge in [-0.1, -0.05) is 0 Å². The van der Waals surface area contributed by atoms with Crippen molar-refractivity contribution in [2.45, 2.75) is 18.9 Å². The minimum atomic E-state index is -1.08. The molecule has 1 aromatic rings. The van der Waals surface area contributed by atoms with Crippen LogP contribution in [0.3, 0.4) is 0 Å². The van der Waals surface area contributed by atoms with Crippen LogP contribution in [-0.4, -0.2) is 55.7 Å². The van der Waals surface area contributed by atoms with Crippen LogP contribution in [0.5, 0.6) is 0 Å². The van der Waals surface area contributed by atoms with Crippen molar-refractivity contribution in [1.82, 2.24) is 15.5 Å². The Morgan fingerprint density at radius 1 is 1.19 bits per heavy atom. The summed E-state index contributed by atoms with van der Waals surface area (Å²) < 4.78 is 30.5. The van der Waals surface area contributed by atoms with Gasteiger partial charge in [0.25, 0.3) is 0 Å². The highest BCUT2D eigenvalue weighted by molar-refractivity contribution is 5.94. The van der Waals surface area contributed by atoms with E-state index in [1.165, 1.54) is 13.2 Å². The highest BCUT2D eigenvalue weighted by Gasteiger charge is 2.24. The lowest BCUT2D eigenvalue weighted by molar-refractivity contribution is -0.115. The molecule has 0 aliphatic carbocycles. The first kappa shape index (κ1) is 19.4. The van der Waals surface area contributed by atoms with Crippen molar-refractivity contribution in [3.05, 3.63) is 29.8 Å². The first-order valence-corrected chi connectivity index (χ1v) is 8.01. The van der Waals surface area contributed by atoms with Crippen molar-refractivity contribution in [1.29, 1.82) is 0 Å². The monoisotopic (exact) mass is 370 g/mol. The quantitative estimate of drug-likeness (QED) is 0.747. The van der Waals surface area contributed by atoms with Crippen molar-refractivity contribution < 1.29 is 27.9 Å². The topological polar surface area (TPSA) is 99.8 Å². The number of piperidine rings is 1. The van der Waals surface area contributed by atoms with Crippen molar-refractivity contribution in [3.8, 4) is 0 Å². The van der Waals surface area contributed by atoms with Gasteiger partial charge in [0, 0.05) is 30.9 Å². The van der Waals surface area contributed by atoms with Gasteiger partial charge in [-0.25, -0.2) is 18.4 Å². The number of urea groups is 1. The molecular formula is C16H20F2N4O4. The Morgan fingerprint density at radius 3 is 2.50 bits per heavy atom. The second-order valence-corrected chi connectivity index (χ2v) is 5.74. The second kappa shape index (κ2) is 8.97. The summed E-state index contributed by atoms with van der Waals surface area (Å²) in [5, 5.41) is 7.45. The molecule has 2 rings (SSSR count). The Bertz CT molecular complexity index is 678. The van der Waals surface area contributed by atoms with Gasteiger partial charge in [0.2, 0.25) is 5.91 Å². The number of nitrogens with zero attached hydrogens (tertiary/aromatic N) is 1. The van der Waals surface area contributed by atoms with E-state index >= 15 is 0 Å². The van der Waals surface area contributed by atoms with Crippen molar-refractivity contribution in [2.75, 3.05) is 32.1 Å². The number of methoxy groups -OCH3 is 1. The van der Waals surface area contributed by atoms with E-state index in [1.807, 2.05) is 0 Å². The summed E-state index contributed by atoms with van der Waals surface area (Å²) in [6.07, 6.45) is 0.745. The van der Waals surface area contributed by atoms with E-state index in [9.17, 15) is 23.2 Å². The Kier molecular flexibility index (Phi) is 6.70. The molecule has 1 aromatic carbocycles. The van der Waals surface area contributed by atoms with E-state index in [0.29, 0.717) is 25.9 Å². The number of hydrogen-bond acceptors (Lipinski definition) is 4. The molecule has 1 aliphatic rings. The number of nitrogens with one attached hydrogen (secondary N) is 3. The molecule has 0 bridgehead atoms. The molecule has 26 heavy (non-hydrogen) atoms. The summed E-state index contributed by atoms with van der Waals surface area (Å²) in [5.41, 5.74) is 0.0892. The maximum Gasteiger partial charge on any atom is 0.409 e. The van der Waals surface area contributed by atoms with Crippen LogP contribution in [0.2, 0.25) is 0 Å². The maximum absolute atomic E-state index is 13.1. The fraction of sp³-hybridized carbons (Fsp3) is 0.438. The van der Waals surface area contributed by atoms with Gasteiger partial charge < -0.3 is 25.6 Å². The Morgan fingerprint density at radius 2 is 1.88 bits per heavy atom. The number of hydrogen-bond donors (Lipinski definition) is 3. The summed E-state index contributed by atoms with van der Waals surface area (Å²) in [6.45, 7) is 0.605. The third-order valence-electron chi connectivity index (χ3n) is 3.88. The first-order chi connectivity index (χ1) is 12.4. The van der Waals surface area contributed by atoms with Crippen LogP contribution in [0.4, 0.5) is 24.1 Å². The van der Waals surface area contributed by atoms with Gasteiger partial charge in [0.15, 0.2) is 11.6 Å². The van der Waals surface area contributed by atoms with Crippen LogP contribution in [0.1, 0.15) is 12.8 Å². The SMILES string of the molecule is COC(=O)N1CCC(NC(=O)NCC(=O)Nc2ccc(F)c(F)c2)CC1. The number of carbonyl (C=O) groups excluding carboxylic acids is 3. The van der Waals surface area contributed by atoms with E-state index in [4.69, 9.17) is 0 Å². The lowest BCUT2D eigenvalue weighted by Gasteiger charge is -2.31. The molecule has 10 heteroatoms. The number of ether oxygens (including phenoxy) is 1. The van der Waals surface area contributed by atoms with Crippen molar-refractivity contribution in [2.24, 2.45) is 0 Å². The molecule has 1 heterocycles. The molecular weight excluding hydrogens is 350 g/mol. The molecule has 1 saturated heterocycles. The molecule has 0 radical (unpaired) electrons. The fourth-order valence-electron chi connectivity index (χ4n) is 2.51. The maximum atomic E-state index is 13.1. The summed E-state index contributed by atoms with van der Waals surface area (Å²) in [7, 11) is 1.31. The van der Waals surface area contributed by atoms with E-state index < -0.39 is 29.7 Å². The van der Waals surface area contributed by atoms with Crippen LogP contribution < -0.4 is 16.0 Å². The minimum absolute atomic E-state index is 0.0892. The second-order valence-electron chi connectivity index (χ2n) is 5.74. The average molecular weight is 370 g/mol. The molecule has 1 aliphatic heterocycles. The van der Waals surface area contributed by atoms with Crippen LogP contribution in [0.15, 0.2) is 18.2 Å². The molecule has 142 valence electrons. The average Bonchev–Trinajstić information content (AvgIpc) is 2.63. The summed E-state index contributed by atoms with van der Waals surface area (Å²) >= 11 is 0. The summed E-state index contributed by atoms with van der Waals surface area (Å²) in [4.78, 5) is 36.5. The summed E-state index contributed by atoms with van der Waals surface area (Å²) in [6, 6.07) is 2.31. The van der Waals surface area contributed by atoms with Gasteiger partial charge in [-0.05, 0) is 25.0 Å². The number of rotatable bonds is 4. The third kappa shape index (κ3) is 5.57. The fourth-order valence-corrected chi connectivity index (χ4v) is 2.51. The molecule has 0 unspecified atom stereocenters. The van der Waals surface area contributed by atoms with E-state index in [0.717, 1.165) is 12.1 Å². The zero-order valence-corrected chi connectivity index (χ0v) is 14.2. The zero-order chi connectivity index (χ0) is 19.1. The molecule has 3 N–H and O–H groups in total. The third-order valence-corrected chi connectivity index (χ3v) is 3.88. The van der Waals surface area contributed by atoms with Crippen LogP contribution in [0, 0.1) is 11.6 Å². The number of benzene rings is 1. The molecule has 1 fully saturated rings. The van der Waals surface area contributed by atoms with Gasteiger partial charge in [-0.2, -0.15) is 0 Å². The number of anilines is 1. The zero-order valence-electron chi connectivity index (χ0n) is 14.2. The predicted octanol–water partition coefficient (Wildman–Crippen LogP) is 1.43. The van der Waals surface area contributed by atoms with Gasteiger partial charge in [0.1, 0.15) is 0 Å². The minimum Gasteiger partial charge on any atom is -0.453 e. The molecule has 0 atom stereocenters. The van der Waals surface area contributed by atoms with Crippen molar-refractivity contribution >= 4 is 23.7 Å². The smallest absolute Gasteiger partial charge is 0.409 e. The molecule has 0 spiro atoms. The lowest BCUT2D eigenvalue weighted by Crippen LogP contribution is -2.50. The Labute approximate surface area is 148 Å². The first-order valence-electron chi connectivity index (χ1n) is 8.01. The molecule has 0 saturated carbocycles. The van der Waals surface area contributed by atoms with Crippen LogP contribution in [-0.2, 0) is 9.53 Å². The van der Waals surface area contributed by atoms with Gasteiger partial charge >= 0.3 is 12.1 Å². The van der Waals surface area contributed by atoms with Crippen LogP contribution >= 0.6 is 0 Å². The standard InChI is InChI=1S/C16H20F2N4O4/c1-26-16(25)22-6-4-10(5-7-22)21-15(24)19-9-14(23)20-11-2-3-12(17)13(18)8-11/h2-3,8,10H,4-7,9H2,1H3,(H,20,23)(H2,19,21,24). The van der Waals surface area contributed by atoms with E-state index in [-0.39, 0.29) is 18.3 Å². The lowest BCUT2D eigenvalue weighted by atomic mass is 10.1. The number of amides is 4. The van der Waals surface area contributed by atoms with Gasteiger partial charge in [0.05, 0.1) is 13.7 Å².